The van der Waals surface area contributed by atoms with E-state index in [0.29, 0.717) is 18.0 Å². The molecule has 3 aromatic rings. The van der Waals surface area contributed by atoms with Crippen LogP contribution in [0.4, 0.5) is 5.69 Å². The van der Waals surface area contributed by atoms with E-state index in [-0.39, 0.29) is 25.0 Å². The molecule has 1 aromatic carbocycles. The largest absolute Gasteiger partial charge is 0.482 e. The molecule has 1 aliphatic heterocycles. The van der Waals surface area contributed by atoms with Gasteiger partial charge in [0.1, 0.15) is 17.3 Å². The van der Waals surface area contributed by atoms with E-state index in [1.54, 1.807) is 6.20 Å². The fourth-order valence-corrected chi connectivity index (χ4v) is 3.96. The van der Waals surface area contributed by atoms with Gasteiger partial charge in [0.05, 0.1) is 17.1 Å². The number of amides is 2. The van der Waals surface area contributed by atoms with Crippen LogP contribution in [-0.2, 0) is 9.59 Å². The third kappa shape index (κ3) is 4.33. The number of unbranched alkanes of at least 4 members (excludes halogenated alkanes) is 1. The molecule has 0 atom stereocenters. The molecule has 30 heavy (non-hydrogen) atoms. The summed E-state index contributed by atoms with van der Waals surface area (Å²) in [5.41, 5.74) is 3.04. The first kappa shape index (κ1) is 20.0. The molecular formula is C22H22N4O3S. The molecule has 4 rings (SSSR count). The van der Waals surface area contributed by atoms with Gasteiger partial charge < -0.3 is 10.1 Å². The normalized spacial score (nSPS) is 13.0. The number of carbonyl (C=O) groups excluding carboxylic acids is 2. The summed E-state index contributed by atoms with van der Waals surface area (Å²) in [5.74, 6) is 0.166. The van der Waals surface area contributed by atoms with Crippen LogP contribution in [0.5, 0.6) is 5.75 Å². The lowest BCUT2D eigenvalue weighted by molar-refractivity contribution is -0.125. The number of pyridine rings is 1. The van der Waals surface area contributed by atoms with Crippen LogP contribution >= 0.6 is 11.3 Å². The van der Waals surface area contributed by atoms with E-state index in [2.05, 4.69) is 22.2 Å². The van der Waals surface area contributed by atoms with Crippen LogP contribution in [0.1, 0.15) is 19.8 Å². The standard InChI is InChI=1S/C22H22N4O3S/c1-2-3-9-24-20(27)12-26-18-11-15(7-8-19(18)29-13-21(26)28)17-14-30-22(25-17)16-6-4-5-10-23-16/h4-8,10-11,14H,2-3,9,12-13H2,1H3,(H,24,27). The van der Waals surface area contributed by atoms with Crippen molar-refractivity contribution in [1.82, 2.24) is 15.3 Å². The molecule has 7 nitrogen and oxygen atoms in total. The van der Waals surface area contributed by atoms with Crippen LogP contribution < -0.4 is 15.0 Å². The average molecular weight is 423 g/mol. The molecule has 0 fully saturated rings. The highest BCUT2D eigenvalue weighted by molar-refractivity contribution is 7.13. The van der Waals surface area contributed by atoms with E-state index in [1.165, 1.54) is 16.2 Å². The van der Waals surface area contributed by atoms with Crippen LogP contribution in [0.2, 0.25) is 0 Å². The van der Waals surface area contributed by atoms with Crippen molar-refractivity contribution in [2.75, 3.05) is 24.6 Å². The number of fused-ring (bicyclic) bond motifs is 1. The maximum absolute atomic E-state index is 12.5. The molecule has 0 saturated heterocycles. The summed E-state index contributed by atoms with van der Waals surface area (Å²) in [7, 11) is 0. The molecular weight excluding hydrogens is 400 g/mol. The lowest BCUT2D eigenvalue weighted by Gasteiger charge is -2.29. The Morgan fingerprint density at radius 3 is 2.97 bits per heavy atom. The van der Waals surface area contributed by atoms with Crippen molar-refractivity contribution in [3.63, 3.8) is 0 Å². The van der Waals surface area contributed by atoms with Crippen LogP contribution in [0.15, 0.2) is 48.0 Å². The molecule has 2 amide bonds. The summed E-state index contributed by atoms with van der Waals surface area (Å²) in [6, 6.07) is 11.3. The summed E-state index contributed by atoms with van der Waals surface area (Å²) in [6.07, 6.45) is 3.64. The molecule has 0 unspecified atom stereocenters. The van der Waals surface area contributed by atoms with E-state index in [0.717, 1.165) is 34.8 Å². The van der Waals surface area contributed by atoms with Crippen molar-refractivity contribution in [1.29, 1.82) is 0 Å². The zero-order valence-corrected chi connectivity index (χ0v) is 17.4. The molecule has 8 heteroatoms. The minimum Gasteiger partial charge on any atom is -0.482 e. The Labute approximate surface area is 178 Å². The number of ether oxygens (including phenoxy) is 1. The molecule has 0 bridgehead atoms. The van der Waals surface area contributed by atoms with Gasteiger partial charge in [-0.25, -0.2) is 4.98 Å². The minimum absolute atomic E-state index is 0.0292. The van der Waals surface area contributed by atoms with Gasteiger partial charge >= 0.3 is 0 Å². The highest BCUT2D eigenvalue weighted by Gasteiger charge is 2.28. The number of benzene rings is 1. The van der Waals surface area contributed by atoms with Crippen LogP contribution in [0.3, 0.4) is 0 Å². The minimum atomic E-state index is -0.238. The fraction of sp³-hybridized carbons (Fsp3) is 0.273. The topological polar surface area (TPSA) is 84.4 Å². The Kier molecular flexibility index (Phi) is 6.04. The van der Waals surface area contributed by atoms with E-state index < -0.39 is 0 Å². The number of nitrogens with zero attached hydrogens (tertiary/aromatic N) is 3. The SMILES string of the molecule is CCCCNC(=O)CN1C(=O)COc2ccc(-c3csc(-c4ccccn4)n3)cc21. The Balaban J connectivity index is 1.58. The monoisotopic (exact) mass is 422 g/mol. The van der Waals surface area contributed by atoms with Gasteiger partial charge in [0.2, 0.25) is 5.91 Å². The summed E-state index contributed by atoms with van der Waals surface area (Å²) in [5, 5.41) is 5.64. The first-order valence-corrected chi connectivity index (χ1v) is 10.7. The first-order chi connectivity index (χ1) is 14.7. The number of thiazole rings is 1. The van der Waals surface area contributed by atoms with Gasteiger partial charge in [-0.2, -0.15) is 0 Å². The van der Waals surface area contributed by atoms with Gasteiger partial charge in [-0.3, -0.25) is 19.5 Å². The van der Waals surface area contributed by atoms with Gasteiger partial charge in [0.25, 0.3) is 5.91 Å². The molecule has 0 aliphatic carbocycles. The van der Waals surface area contributed by atoms with Crippen LogP contribution in [0.25, 0.3) is 22.0 Å². The zero-order chi connectivity index (χ0) is 20.9. The maximum atomic E-state index is 12.5. The molecule has 3 heterocycles. The predicted molar refractivity (Wildman–Crippen MR) is 117 cm³/mol. The third-order valence-corrected chi connectivity index (χ3v) is 5.60. The third-order valence-electron chi connectivity index (χ3n) is 4.74. The fourth-order valence-electron chi connectivity index (χ4n) is 3.15. The Morgan fingerprint density at radius 1 is 1.27 bits per heavy atom. The lowest BCUT2D eigenvalue weighted by Crippen LogP contribution is -2.45. The van der Waals surface area contributed by atoms with Crippen molar-refractivity contribution < 1.29 is 14.3 Å². The Hall–Kier alpha value is -3.26. The second-order valence-electron chi connectivity index (χ2n) is 6.91. The molecule has 154 valence electrons. The first-order valence-electron chi connectivity index (χ1n) is 9.87. The smallest absolute Gasteiger partial charge is 0.265 e. The number of hydrogen-bond donors (Lipinski definition) is 1. The quantitative estimate of drug-likeness (QED) is 0.589. The van der Waals surface area contributed by atoms with E-state index in [9.17, 15) is 9.59 Å². The van der Waals surface area contributed by atoms with Gasteiger partial charge in [0.15, 0.2) is 6.61 Å². The van der Waals surface area contributed by atoms with Crippen molar-refractivity contribution >= 4 is 28.8 Å². The van der Waals surface area contributed by atoms with E-state index in [4.69, 9.17) is 4.74 Å². The van der Waals surface area contributed by atoms with Crippen LogP contribution in [0, 0.1) is 0 Å². The second-order valence-corrected chi connectivity index (χ2v) is 7.77. The Bertz CT molecular complexity index is 1050. The van der Waals surface area contributed by atoms with Crippen molar-refractivity contribution in [2.45, 2.75) is 19.8 Å². The second kappa shape index (κ2) is 9.04. The summed E-state index contributed by atoms with van der Waals surface area (Å²) >= 11 is 1.51. The van der Waals surface area contributed by atoms with Gasteiger partial charge in [-0.1, -0.05) is 19.4 Å². The molecule has 0 spiro atoms. The summed E-state index contributed by atoms with van der Waals surface area (Å²) in [6.45, 7) is 2.57. The number of rotatable bonds is 7. The number of anilines is 1. The van der Waals surface area contributed by atoms with Crippen molar-refractivity contribution in [2.24, 2.45) is 0 Å². The number of hydrogen-bond acceptors (Lipinski definition) is 6. The molecule has 2 aromatic heterocycles. The van der Waals surface area contributed by atoms with Gasteiger partial charge in [0, 0.05) is 23.7 Å². The van der Waals surface area contributed by atoms with Crippen LogP contribution in [-0.4, -0.2) is 41.5 Å². The maximum Gasteiger partial charge on any atom is 0.265 e. The number of nitrogens with one attached hydrogen (secondary N) is 1. The highest BCUT2D eigenvalue weighted by atomic mass is 32.1. The Morgan fingerprint density at radius 2 is 2.17 bits per heavy atom. The predicted octanol–water partition coefficient (Wildman–Crippen LogP) is 3.51. The van der Waals surface area contributed by atoms with Gasteiger partial charge in [-0.15, -0.1) is 11.3 Å². The van der Waals surface area contributed by atoms with Crippen molar-refractivity contribution in [3.8, 4) is 27.7 Å². The highest BCUT2D eigenvalue weighted by Crippen LogP contribution is 2.37. The number of aromatic nitrogens is 2. The van der Waals surface area contributed by atoms with E-state index >= 15 is 0 Å². The van der Waals surface area contributed by atoms with Crippen molar-refractivity contribution in [3.05, 3.63) is 48.0 Å². The zero-order valence-electron chi connectivity index (χ0n) is 16.6. The molecule has 0 radical (unpaired) electrons. The molecule has 1 N–H and O–H groups in total. The molecule has 1 aliphatic rings. The van der Waals surface area contributed by atoms with E-state index in [1.807, 2.05) is 41.8 Å². The average Bonchev–Trinajstić information content (AvgIpc) is 3.27. The summed E-state index contributed by atoms with van der Waals surface area (Å²) < 4.78 is 5.56. The lowest BCUT2D eigenvalue weighted by atomic mass is 10.1. The molecule has 0 saturated carbocycles. The van der Waals surface area contributed by atoms with Gasteiger partial charge in [-0.05, 0) is 36.8 Å². The summed E-state index contributed by atoms with van der Waals surface area (Å²) in [4.78, 5) is 35.3. The number of carbonyl (C=O) groups is 2.